The molecule has 0 atom stereocenters. The summed E-state index contributed by atoms with van der Waals surface area (Å²) in [6, 6.07) is 1.83. The number of hydrogen-bond donors (Lipinski definition) is 1. The smallest absolute Gasteiger partial charge is 0.228 e. The van der Waals surface area contributed by atoms with Crippen LogP contribution in [-0.4, -0.2) is 51.4 Å². The Labute approximate surface area is 121 Å². The zero-order valence-corrected chi connectivity index (χ0v) is 12.4. The molecule has 0 fully saturated rings. The minimum absolute atomic E-state index is 0.0733. The molecule has 0 aliphatic rings. The molecule has 2 aromatic heterocycles. The fraction of sp³-hybridized carbons (Fsp3) is 0.500. The number of likely N-dealkylation sites (N-methyl/N-ethyl adjacent to an activating group) is 1. The lowest BCUT2D eigenvalue weighted by molar-refractivity contribution is -0.116. The third kappa shape index (κ3) is 4.71. The molecule has 0 saturated heterocycles. The normalized spacial score (nSPS) is 10.9. The van der Waals surface area contributed by atoms with Crippen LogP contribution < -0.4 is 5.32 Å². The molecule has 0 aliphatic carbocycles. The largest absolute Gasteiger partial charge is 0.309 e. The number of hydrogen-bond acceptors (Lipinski definition) is 6. The highest BCUT2D eigenvalue weighted by Crippen LogP contribution is 2.15. The fourth-order valence-corrected chi connectivity index (χ4v) is 2.30. The maximum Gasteiger partial charge on any atom is 0.228 e. The number of anilines is 1. The number of nitrogens with one attached hydrogen (secondary N) is 1. The van der Waals surface area contributed by atoms with Crippen molar-refractivity contribution in [2.24, 2.45) is 0 Å². The van der Waals surface area contributed by atoms with Crippen LogP contribution in [0.2, 0.25) is 0 Å². The highest BCUT2D eigenvalue weighted by molar-refractivity contribution is 7.15. The SMILES string of the molecule is CN(C)CCc1nnc(NC(=O)CCn2cccn2)s1. The molecule has 2 heterocycles. The number of carbonyl (C=O) groups excluding carboxylic acids is 1. The summed E-state index contributed by atoms with van der Waals surface area (Å²) < 4.78 is 1.72. The Morgan fingerprint density at radius 1 is 1.45 bits per heavy atom. The Bertz CT molecular complexity index is 536. The summed E-state index contributed by atoms with van der Waals surface area (Å²) >= 11 is 1.42. The average molecular weight is 294 g/mol. The molecule has 0 saturated carbocycles. The number of aryl methyl sites for hydroxylation is 1. The minimum atomic E-state index is -0.0733. The molecule has 0 radical (unpaired) electrons. The first-order valence-electron chi connectivity index (χ1n) is 6.38. The van der Waals surface area contributed by atoms with Crippen molar-refractivity contribution in [3.63, 3.8) is 0 Å². The second-order valence-corrected chi connectivity index (χ2v) is 5.68. The van der Waals surface area contributed by atoms with Crippen molar-refractivity contribution >= 4 is 22.4 Å². The highest BCUT2D eigenvalue weighted by Gasteiger charge is 2.08. The van der Waals surface area contributed by atoms with Gasteiger partial charge in [-0.25, -0.2) is 0 Å². The van der Waals surface area contributed by atoms with Crippen molar-refractivity contribution in [2.75, 3.05) is 26.0 Å². The Balaban J connectivity index is 1.76. The number of aromatic nitrogens is 4. The van der Waals surface area contributed by atoms with Crippen molar-refractivity contribution < 1.29 is 4.79 Å². The van der Waals surface area contributed by atoms with Crippen molar-refractivity contribution in [3.05, 3.63) is 23.5 Å². The van der Waals surface area contributed by atoms with Crippen LogP contribution in [0.4, 0.5) is 5.13 Å². The third-order valence-electron chi connectivity index (χ3n) is 2.61. The second kappa shape index (κ2) is 7.11. The van der Waals surface area contributed by atoms with Crippen LogP contribution >= 0.6 is 11.3 Å². The first-order chi connectivity index (χ1) is 9.63. The molecule has 1 amide bonds. The van der Waals surface area contributed by atoms with Gasteiger partial charge in [-0.1, -0.05) is 11.3 Å². The van der Waals surface area contributed by atoms with E-state index in [4.69, 9.17) is 0 Å². The van der Waals surface area contributed by atoms with Gasteiger partial charge in [0.1, 0.15) is 5.01 Å². The van der Waals surface area contributed by atoms with E-state index in [9.17, 15) is 4.79 Å². The van der Waals surface area contributed by atoms with Crippen molar-refractivity contribution in [2.45, 2.75) is 19.4 Å². The van der Waals surface area contributed by atoms with Crippen LogP contribution in [0.1, 0.15) is 11.4 Å². The first-order valence-corrected chi connectivity index (χ1v) is 7.19. The Morgan fingerprint density at radius 2 is 2.30 bits per heavy atom. The van der Waals surface area contributed by atoms with Crippen molar-refractivity contribution in [1.29, 1.82) is 0 Å². The maximum absolute atomic E-state index is 11.8. The van der Waals surface area contributed by atoms with E-state index in [0.29, 0.717) is 18.1 Å². The lowest BCUT2D eigenvalue weighted by atomic mass is 10.4. The van der Waals surface area contributed by atoms with E-state index in [0.717, 1.165) is 18.0 Å². The molecule has 20 heavy (non-hydrogen) atoms. The van der Waals surface area contributed by atoms with Crippen LogP contribution in [0.15, 0.2) is 18.5 Å². The van der Waals surface area contributed by atoms with Crippen molar-refractivity contribution in [1.82, 2.24) is 24.9 Å². The third-order valence-corrected chi connectivity index (χ3v) is 3.51. The monoisotopic (exact) mass is 294 g/mol. The zero-order valence-electron chi connectivity index (χ0n) is 11.6. The molecular formula is C12H18N6OS. The van der Waals surface area contributed by atoms with E-state index in [-0.39, 0.29) is 5.91 Å². The fourth-order valence-electron chi connectivity index (χ4n) is 1.55. The molecule has 0 spiro atoms. The van der Waals surface area contributed by atoms with E-state index >= 15 is 0 Å². The minimum Gasteiger partial charge on any atom is -0.309 e. The van der Waals surface area contributed by atoms with Gasteiger partial charge in [0.15, 0.2) is 0 Å². The summed E-state index contributed by atoms with van der Waals surface area (Å²) in [6.07, 6.45) is 4.74. The Hall–Kier alpha value is -1.80. The Morgan fingerprint density at radius 3 is 3.00 bits per heavy atom. The van der Waals surface area contributed by atoms with Gasteiger partial charge in [0.25, 0.3) is 0 Å². The van der Waals surface area contributed by atoms with Gasteiger partial charge in [0, 0.05) is 38.3 Å². The molecule has 8 heteroatoms. The predicted molar refractivity (Wildman–Crippen MR) is 77.6 cm³/mol. The standard InChI is InChI=1S/C12H18N6OS/c1-17(2)8-5-11-15-16-12(20-11)14-10(19)4-9-18-7-3-6-13-18/h3,6-7H,4-5,8-9H2,1-2H3,(H,14,16,19). The van der Waals surface area contributed by atoms with E-state index in [2.05, 4.69) is 25.5 Å². The average Bonchev–Trinajstić information content (AvgIpc) is 3.05. The van der Waals surface area contributed by atoms with Gasteiger partial charge in [0.05, 0.1) is 0 Å². The van der Waals surface area contributed by atoms with E-state index in [1.807, 2.05) is 26.4 Å². The van der Waals surface area contributed by atoms with Crippen LogP contribution in [-0.2, 0) is 17.8 Å². The number of carbonyl (C=O) groups is 1. The molecule has 0 aromatic carbocycles. The highest BCUT2D eigenvalue weighted by atomic mass is 32.1. The van der Waals surface area contributed by atoms with Gasteiger partial charge in [-0.05, 0) is 20.2 Å². The molecule has 2 aromatic rings. The molecule has 2 rings (SSSR count). The van der Waals surface area contributed by atoms with E-state index in [1.54, 1.807) is 10.9 Å². The van der Waals surface area contributed by atoms with Gasteiger partial charge in [0.2, 0.25) is 11.0 Å². The van der Waals surface area contributed by atoms with Crippen LogP contribution in [0.25, 0.3) is 0 Å². The summed E-state index contributed by atoms with van der Waals surface area (Å²) in [5.74, 6) is -0.0733. The second-order valence-electron chi connectivity index (χ2n) is 4.62. The molecule has 0 unspecified atom stereocenters. The zero-order chi connectivity index (χ0) is 14.4. The maximum atomic E-state index is 11.8. The van der Waals surface area contributed by atoms with Gasteiger partial charge in [-0.2, -0.15) is 5.10 Å². The van der Waals surface area contributed by atoms with Gasteiger partial charge >= 0.3 is 0 Å². The summed E-state index contributed by atoms with van der Waals surface area (Å²) in [7, 11) is 4.03. The number of amides is 1. The molecular weight excluding hydrogens is 276 g/mol. The predicted octanol–water partition coefficient (Wildman–Crippen LogP) is 0.867. The number of nitrogens with zero attached hydrogens (tertiary/aromatic N) is 5. The topological polar surface area (TPSA) is 75.9 Å². The molecule has 1 N–H and O–H groups in total. The molecule has 108 valence electrons. The molecule has 0 aliphatic heterocycles. The summed E-state index contributed by atoms with van der Waals surface area (Å²) in [4.78, 5) is 13.8. The van der Waals surface area contributed by atoms with Crippen LogP contribution in [0.3, 0.4) is 0 Å². The van der Waals surface area contributed by atoms with Crippen molar-refractivity contribution in [3.8, 4) is 0 Å². The van der Waals surface area contributed by atoms with Crippen LogP contribution in [0.5, 0.6) is 0 Å². The van der Waals surface area contributed by atoms with Crippen LogP contribution in [0, 0.1) is 0 Å². The van der Waals surface area contributed by atoms with Gasteiger partial charge in [-0.3, -0.25) is 9.48 Å². The first kappa shape index (κ1) is 14.6. The lowest BCUT2D eigenvalue weighted by Gasteiger charge is -2.05. The number of rotatable bonds is 7. The summed E-state index contributed by atoms with van der Waals surface area (Å²) in [5.41, 5.74) is 0. The summed E-state index contributed by atoms with van der Waals surface area (Å²) in [5, 5.41) is 16.3. The molecule has 7 nitrogen and oxygen atoms in total. The summed E-state index contributed by atoms with van der Waals surface area (Å²) in [6.45, 7) is 1.48. The van der Waals surface area contributed by atoms with Gasteiger partial charge in [-0.15, -0.1) is 10.2 Å². The lowest BCUT2D eigenvalue weighted by Crippen LogP contribution is -2.14. The molecule has 0 bridgehead atoms. The Kier molecular flexibility index (Phi) is 5.19. The van der Waals surface area contributed by atoms with Gasteiger partial charge < -0.3 is 10.2 Å². The van der Waals surface area contributed by atoms with E-state index < -0.39 is 0 Å². The van der Waals surface area contributed by atoms with E-state index in [1.165, 1.54) is 11.3 Å². The quantitative estimate of drug-likeness (QED) is 0.820.